The van der Waals surface area contributed by atoms with E-state index in [1.807, 2.05) is 30.3 Å². The second kappa shape index (κ2) is 7.61. The van der Waals surface area contributed by atoms with Crippen LogP contribution in [0, 0.1) is 6.92 Å². The average Bonchev–Trinajstić information content (AvgIpc) is 3.18. The Morgan fingerprint density at radius 2 is 1.96 bits per heavy atom. The minimum atomic E-state index is -3.58. The van der Waals surface area contributed by atoms with Gasteiger partial charge < -0.3 is 5.11 Å². The summed E-state index contributed by atoms with van der Waals surface area (Å²) in [6, 6.07) is 11.0. The fourth-order valence-electron chi connectivity index (χ4n) is 2.68. The van der Waals surface area contributed by atoms with Gasteiger partial charge in [0.25, 0.3) is 0 Å². The zero-order chi connectivity index (χ0) is 18.7. The lowest BCUT2D eigenvalue weighted by atomic mass is 10.3. The van der Waals surface area contributed by atoms with Gasteiger partial charge in [-0.3, -0.25) is 4.68 Å². The second-order valence-electron chi connectivity index (χ2n) is 6.04. The lowest BCUT2D eigenvalue weighted by molar-refractivity contribution is 0.171. The number of aliphatic hydroxyl groups is 1. The van der Waals surface area contributed by atoms with Crippen LogP contribution >= 0.6 is 11.6 Å². The number of para-hydroxylation sites is 1. The monoisotopic (exact) mass is 394 g/mol. The van der Waals surface area contributed by atoms with Crippen LogP contribution < -0.4 is 0 Å². The molecule has 3 aromatic rings. The predicted molar refractivity (Wildman–Crippen MR) is 99.0 cm³/mol. The Morgan fingerprint density at radius 3 is 2.62 bits per heavy atom. The van der Waals surface area contributed by atoms with Gasteiger partial charge in [0.05, 0.1) is 35.5 Å². The van der Waals surface area contributed by atoms with Crippen molar-refractivity contribution in [2.75, 3.05) is 5.75 Å². The van der Waals surface area contributed by atoms with Crippen molar-refractivity contribution in [3.8, 4) is 5.69 Å². The van der Waals surface area contributed by atoms with Crippen LogP contribution in [0.2, 0.25) is 5.15 Å². The molecule has 0 aliphatic heterocycles. The number of sulfone groups is 1. The molecule has 0 fully saturated rings. The Labute approximate surface area is 156 Å². The van der Waals surface area contributed by atoms with E-state index in [1.54, 1.807) is 25.4 Å². The summed E-state index contributed by atoms with van der Waals surface area (Å²) >= 11 is 6.38. The number of aryl methyl sites for hydroxylation is 1. The first kappa shape index (κ1) is 18.6. The Bertz CT molecular complexity index is 969. The summed E-state index contributed by atoms with van der Waals surface area (Å²) in [4.78, 5) is 0. The first-order valence-electron chi connectivity index (χ1n) is 8.01. The van der Waals surface area contributed by atoms with Gasteiger partial charge in [0.1, 0.15) is 5.15 Å². The van der Waals surface area contributed by atoms with Crippen molar-refractivity contribution in [1.82, 2.24) is 19.6 Å². The van der Waals surface area contributed by atoms with Crippen LogP contribution in [0.1, 0.15) is 11.3 Å². The fraction of sp³-hybridized carbons (Fsp3) is 0.294. The van der Waals surface area contributed by atoms with Crippen molar-refractivity contribution >= 4 is 21.4 Å². The van der Waals surface area contributed by atoms with Crippen molar-refractivity contribution in [1.29, 1.82) is 0 Å². The molecular weight excluding hydrogens is 376 g/mol. The first-order chi connectivity index (χ1) is 12.4. The van der Waals surface area contributed by atoms with Gasteiger partial charge in [-0.05, 0) is 25.1 Å². The maximum Gasteiger partial charge on any atom is 0.157 e. The number of halogens is 1. The maximum absolute atomic E-state index is 12.5. The van der Waals surface area contributed by atoms with Crippen LogP contribution in [0.15, 0.2) is 48.8 Å². The number of aromatic nitrogens is 4. The van der Waals surface area contributed by atoms with Crippen LogP contribution in [0.5, 0.6) is 0 Å². The van der Waals surface area contributed by atoms with E-state index in [-0.39, 0.29) is 23.2 Å². The quantitative estimate of drug-likeness (QED) is 0.662. The van der Waals surface area contributed by atoms with E-state index < -0.39 is 15.9 Å². The molecule has 0 amide bonds. The highest BCUT2D eigenvalue weighted by Gasteiger charge is 2.24. The summed E-state index contributed by atoms with van der Waals surface area (Å²) in [6.07, 6.45) is 2.19. The van der Waals surface area contributed by atoms with Gasteiger partial charge in [-0.2, -0.15) is 10.2 Å². The maximum atomic E-state index is 12.5. The number of rotatable bonds is 7. The molecular formula is C17H19ClN4O3S. The highest BCUT2D eigenvalue weighted by Crippen LogP contribution is 2.25. The SMILES string of the molecule is Cc1nn(-c2ccccc2)c(Cl)c1CS(=O)(=O)C[C@H](O)Cn1cccn1. The molecule has 0 saturated heterocycles. The normalized spacial score (nSPS) is 13.0. The number of hydrogen-bond donors (Lipinski definition) is 1. The van der Waals surface area contributed by atoms with E-state index in [9.17, 15) is 13.5 Å². The van der Waals surface area contributed by atoms with Crippen LogP contribution in [-0.2, 0) is 22.1 Å². The molecule has 2 aromatic heterocycles. The van der Waals surface area contributed by atoms with Gasteiger partial charge in [-0.25, -0.2) is 13.1 Å². The topological polar surface area (TPSA) is 90.0 Å². The smallest absolute Gasteiger partial charge is 0.157 e. The summed E-state index contributed by atoms with van der Waals surface area (Å²) in [6.45, 7) is 1.83. The summed E-state index contributed by atoms with van der Waals surface area (Å²) in [5.74, 6) is -0.653. The molecule has 0 unspecified atom stereocenters. The van der Waals surface area contributed by atoms with E-state index in [1.165, 1.54) is 9.36 Å². The summed E-state index contributed by atoms with van der Waals surface area (Å²) in [5.41, 5.74) is 1.74. The number of benzene rings is 1. The Hall–Kier alpha value is -2.16. The number of aliphatic hydroxyl groups excluding tert-OH is 1. The molecule has 1 N–H and O–H groups in total. The molecule has 1 aromatic carbocycles. The molecule has 9 heteroatoms. The van der Waals surface area contributed by atoms with Crippen molar-refractivity contribution < 1.29 is 13.5 Å². The zero-order valence-electron chi connectivity index (χ0n) is 14.2. The van der Waals surface area contributed by atoms with Gasteiger partial charge in [0.2, 0.25) is 0 Å². The summed E-state index contributed by atoms with van der Waals surface area (Å²) in [5, 5.41) is 18.6. The molecule has 0 bridgehead atoms. The number of hydrogen-bond acceptors (Lipinski definition) is 5. The molecule has 26 heavy (non-hydrogen) atoms. The van der Waals surface area contributed by atoms with E-state index in [2.05, 4.69) is 10.2 Å². The van der Waals surface area contributed by atoms with Crippen molar-refractivity contribution in [3.05, 3.63) is 65.2 Å². The highest BCUT2D eigenvalue weighted by atomic mass is 35.5. The molecule has 0 spiro atoms. The van der Waals surface area contributed by atoms with Crippen LogP contribution in [-0.4, -0.2) is 44.9 Å². The molecule has 0 aliphatic rings. The largest absolute Gasteiger partial charge is 0.390 e. The van der Waals surface area contributed by atoms with Crippen LogP contribution in [0.25, 0.3) is 5.69 Å². The average molecular weight is 395 g/mol. The Kier molecular flexibility index (Phi) is 5.45. The fourth-order valence-corrected chi connectivity index (χ4v) is 4.70. The van der Waals surface area contributed by atoms with Crippen molar-refractivity contribution in [3.63, 3.8) is 0 Å². The third-order valence-electron chi connectivity index (χ3n) is 3.89. The van der Waals surface area contributed by atoms with E-state index in [0.29, 0.717) is 11.3 Å². The predicted octanol–water partition coefficient (Wildman–Crippen LogP) is 2.01. The highest BCUT2D eigenvalue weighted by molar-refractivity contribution is 7.90. The van der Waals surface area contributed by atoms with E-state index in [0.717, 1.165) is 5.69 Å². The first-order valence-corrected chi connectivity index (χ1v) is 10.2. The Balaban J connectivity index is 1.76. The van der Waals surface area contributed by atoms with E-state index >= 15 is 0 Å². The van der Waals surface area contributed by atoms with Crippen molar-refractivity contribution in [2.45, 2.75) is 25.3 Å². The molecule has 0 aliphatic carbocycles. The third-order valence-corrected chi connectivity index (χ3v) is 5.90. The molecule has 2 heterocycles. The molecule has 138 valence electrons. The van der Waals surface area contributed by atoms with Crippen molar-refractivity contribution in [2.24, 2.45) is 0 Å². The summed E-state index contributed by atoms with van der Waals surface area (Å²) < 4.78 is 28.0. The van der Waals surface area contributed by atoms with Gasteiger partial charge in [0.15, 0.2) is 9.84 Å². The standard InChI is InChI=1S/C17H19ClN4O3S/c1-13-16(17(18)22(20-13)14-6-3-2-4-7-14)12-26(24,25)11-15(23)10-21-9-5-8-19-21/h2-9,15,23H,10-12H2,1H3/t15-/m1/s1. The second-order valence-corrected chi connectivity index (χ2v) is 8.51. The zero-order valence-corrected chi connectivity index (χ0v) is 15.7. The van der Waals surface area contributed by atoms with Gasteiger partial charge >= 0.3 is 0 Å². The van der Waals surface area contributed by atoms with Gasteiger partial charge in [0, 0.05) is 18.0 Å². The van der Waals surface area contributed by atoms with E-state index in [4.69, 9.17) is 11.6 Å². The molecule has 3 rings (SSSR count). The summed E-state index contributed by atoms with van der Waals surface area (Å²) in [7, 11) is -3.58. The lowest BCUT2D eigenvalue weighted by Gasteiger charge is -2.11. The molecule has 1 atom stereocenters. The minimum absolute atomic E-state index is 0.113. The third kappa shape index (κ3) is 4.32. The lowest BCUT2D eigenvalue weighted by Crippen LogP contribution is -2.26. The van der Waals surface area contributed by atoms with Crippen LogP contribution in [0.4, 0.5) is 0 Å². The van der Waals surface area contributed by atoms with Gasteiger partial charge in [-0.15, -0.1) is 0 Å². The molecule has 0 radical (unpaired) electrons. The number of nitrogens with zero attached hydrogens (tertiary/aromatic N) is 4. The van der Waals surface area contributed by atoms with Gasteiger partial charge in [-0.1, -0.05) is 29.8 Å². The minimum Gasteiger partial charge on any atom is -0.390 e. The molecule has 0 saturated carbocycles. The van der Waals surface area contributed by atoms with Crippen LogP contribution in [0.3, 0.4) is 0 Å². The molecule has 7 nitrogen and oxygen atoms in total. The Morgan fingerprint density at radius 1 is 1.23 bits per heavy atom.